The van der Waals surface area contributed by atoms with E-state index in [1.54, 1.807) is 0 Å². The second kappa shape index (κ2) is 5.70. The quantitative estimate of drug-likeness (QED) is 0.627. The standard InChI is InChI=1S/C11H11BrN2O6S/c12-8-6-7(3-4-9(8)14(17)18)21(19,20)13-5-1-2-10(13)11(15)16/h3-4,6,10H,1-2,5H2,(H,15,16). The molecule has 0 amide bonds. The number of carboxylic acids is 1. The van der Waals surface area contributed by atoms with Gasteiger partial charge >= 0.3 is 5.97 Å². The molecule has 1 aliphatic heterocycles. The van der Waals surface area contributed by atoms with Crippen LogP contribution in [-0.4, -0.2) is 41.3 Å². The molecule has 1 aliphatic rings. The van der Waals surface area contributed by atoms with Crippen molar-refractivity contribution in [2.24, 2.45) is 0 Å². The molecule has 0 saturated carbocycles. The van der Waals surface area contributed by atoms with Gasteiger partial charge in [-0.2, -0.15) is 4.31 Å². The highest BCUT2D eigenvalue weighted by Crippen LogP contribution is 2.31. The highest BCUT2D eigenvalue weighted by molar-refractivity contribution is 9.10. The number of sulfonamides is 1. The molecule has 1 unspecified atom stereocenters. The van der Waals surface area contributed by atoms with Crippen molar-refractivity contribution in [2.45, 2.75) is 23.8 Å². The minimum absolute atomic E-state index is 0.0275. The number of halogens is 1. The zero-order valence-corrected chi connectivity index (χ0v) is 13.0. The summed E-state index contributed by atoms with van der Waals surface area (Å²) in [4.78, 5) is 21.0. The minimum atomic E-state index is -4.00. The van der Waals surface area contributed by atoms with E-state index >= 15 is 0 Å². The second-order valence-electron chi connectivity index (χ2n) is 4.48. The highest BCUT2D eigenvalue weighted by atomic mass is 79.9. The molecule has 1 saturated heterocycles. The van der Waals surface area contributed by atoms with Crippen molar-refractivity contribution in [1.82, 2.24) is 4.31 Å². The molecular weight excluding hydrogens is 368 g/mol. The lowest BCUT2D eigenvalue weighted by atomic mass is 10.2. The first kappa shape index (κ1) is 15.9. The fourth-order valence-electron chi connectivity index (χ4n) is 2.21. The molecule has 1 atom stereocenters. The number of rotatable bonds is 4. The molecule has 1 fully saturated rings. The van der Waals surface area contributed by atoms with Crippen molar-refractivity contribution in [3.05, 3.63) is 32.8 Å². The highest BCUT2D eigenvalue weighted by Gasteiger charge is 2.39. The van der Waals surface area contributed by atoms with Crippen molar-refractivity contribution >= 4 is 37.6 Å². The van der Waals surface area contributed by atoms with Crippen LogP contribution in [0.3, 0.4) is 0 Å². The lowest BCUT2D eigenvalue weighted by Crippen LogP contribution is -2.40. The van der Waals surface area contributed by atoms with Crippen LogP contribution in [0.25, 0.3) is 0 Å². The predicted octanol–water partition coefficient (Wildman–Crippen LogP) is 1.59. The van der Waals surface area contributed by atoms with E-state index < -0.39 is 27.0 Å². The van der Waals surface area contributed by atoms with Crippen LogP contribution < -0.4 is 0 Å². The Morgan fingerprint density at radius 1 is 1.48 bits per heavy atom. The Bertz CT molecular complexity index is 705. The van der Waals surface area contributed by atoms with Crippen LogP contribution in [0.1, 0.15) is 12.8 Å². The van der Waals surface area contributed by atoms with E-state index in [1.165, 1.54) is 0 Å². The van der Waals surface area contributed by atoms with Crippen LogP contribution in [0.4, 0.5) is 5.69 Å². The first-order chi connectivity index (χ1) is 9.75. The summed E-state index contributed by atoms with van der Waals surface area (Å²) in [6.07, 6.45) is 0.715. The topological polar surface area (TPSA) is 118 Å². The summed E-state index contributed by atoms with van der Waals surface area (Å²) in [6.45, 7) is 0.119. The fraction of sp³-hybridized carbons (Fsp3) is 0.364. The van der Waals surface area contributed by atoms with Gasteiger partial charge in [0, 0.05) is 12.6 Å². The maximum atomic E-state index is 12.5. The zero-order chi connectivity index (χ0) is 15.8. The molecule has 0 bridgehead atoms. The van der Waals surface area contributed by atoms with Crippen LogP contribution in [-0.2, 0) is 14.8 Å². The number of aliphatic carboxylic acids is 1. The van der Waals surface area contributed by atoms with E-state index in [-0.39, 0.29) is 28.0 Å². The summed E-state index contributed by atoms with van der Waals surface area (Å²) >= 11 is 2.95. The van der Waals surface area contributed by atoms with Crippen molar-refractivity contribution in [1.29, 1.82) is 0 Å². The Morgan fingerprint density at radius 3 is 2.67 bits per heavy atom. The molecule has 114 valence electrons. The minimum Gasteiger partial charge on any atom is -0.480 e. The number of nitro groups is 1. The average Bonchev–Trinajstić information content (AvgIpc) is 2.88. The average molecular weight is 379 g/mol. The number of carbonyl (C=O) groups is 1. The van der Waals surface area contributed by atoms with Gasteiger partial charge in [0.2, 0.25) is 10.0 Å². The van der Waals surface area contributed by atoms with Gasteiger partial charge < -0.3 is 5.11 Å². The number of nitrogens with zero attached hydrogens (tertiary/aromatic N) is 2. The van der Waals surface area contributed by atoms with Crippen LogP contribution in [0.15, 0.2) is 27.6 Å². The molecule has 0 radical (unpaired) electrons. The van der Waals surface area contributed by atoms with Gasteiger partial charge in [-0.05, 0) is 40.9 Å². The summed E-state index contributed by atoms with van der Waals surface area (Å²) in [5.41, 5.74) is -0.259. The third-order valence-corrected chi connectivity index (χ3v) is 5.75. The zero-order valence-electron chi connectivity index (χ0n) is 10.6. The van der Waals surface area contributed by atoms with Gasteiger partial charge in [-0.1, -0.05) is 0 Å². The van der Waals surface area contributed by atoms with Gasteiger partial charge in [0.05, 0.1) is 14.3 Å². The molecular formula is C11H11BrN2O6S. The largest absolute Gasteiger partial charge is 0.480 e. The molecule has 0 aromatic heterocycles. The maximum absolute atomic E-state index is 12.5. The van der Waals surface area contributed by atoms with E-state index in [9.17, 15) is 23.3 Å². The van der Waals surface area contributed by atoms with E-state index in [0.29, 0.717) is 6.42 Å². The van der Waals surface area contributed by atoms with Crippen molar-refractivity contribution < 1.29 is 23.2 Å². The Morgan fingerprint density at radius 2 is 2.14 bits per heavy atom. The predicted molar refractivity (Wildman–Crippen MR) is 75.3 cm³/mol. The Labute approximate surface area is 128 Å². The third-order valence-electron chi connectivity index (χ3n) is 3.21. The van der Waals surface area contributed by atoms with Crippen molar-refractivity contribution in [3.8, 4) is 0 Å². The van der Waals surface area contributed by atoms with Crippen LogP contribution in [0.5, 0.6) is 0 Å². The smallest absolute Gasteiger partial charge is 0.322 e. The normalized spacial score (nSPS) is 19.6. The first-order valence-electron chi connectivity index (χ1n) is 5.93. The van der Waals surface area contributed by atoms with E-state index in [1.807, 2.05) is 0 Å². The summed E-state index contributed by atoms with van der Waals surface area (Å²) in [5, 5.41) is 19.8. The molecule has 8 nitrogen and oxygen atoms in total. The molecule has 1 heterocycles. The number of nitro benzene ring substituents is 1. The third kappa shape index (κ3) is 2.92. The van der Waals surface area contributed by atoms with Gasteiger partial charge in [0.25, 0.3) is 5.69 Å². The van der Waals surface area contributed by atoms with Gasteiger partial charge in [-0.25, -0.2) is 8.42 Å². The summed E-state index contributed by atoms with van der Waals surface area (Å²) in [5.74, 6) is -1.20. The molecule has 1 N–H and O–H groups in total. The number of benzene rings is 1. The fourth-order valence-corrected chi connectivity index (χ4v) is 4.56. The van der Waals surface area contributed by atoms with E-state index in [4.69, 9.17) is 5.11 Å². The molecule has 2 rings (SSSR count). The maximum Gasteiger partial charge on any atom is 0.322 e. The second-order valence-corrected chi connectivity index (χ2v) is 7.23. The van der Waals surface area contributed by atoms with E-state index in [2.05, 4.69) is 15.9 Å². The molecule has 0 aliphatic carbocycles. The van der Waals surface area contributed by atoms with Crippen molar-refractivity contribution in [3.63, 3.8) is 0 Å². The lowest BCUT2D eigenvalue weighted by molar-refractivity contribution is -0.385. The van der Waals surface area contributed by atoms with Gasteiger partial charge in [-0.3, -0.25) is 14.9 Å². The van der Waals surface area contributed by atoms with E-state index in [0.717, 1.165) is 22.5 Å². The van der Waals surface area contributed by atoms with Crippen LogP contribution in [0, 0.1) is 10.1 Å². The van der Waals surface area contributed by atoms with Crippen LogP contribution >= 0.6 is 15.9 Å². The Hall–Kier alpha value is -1.52. The Balaban J connectivity index is 2.43. The number of hydrogen-bond donors (Lipinski definition) is 1. The number of hydrogen-bond acceptors (Lipinski definition) is 5. The molecule has 1 aromatic carbocycles. The first-order valence-corrected chi connectivity index (χ1v) is 8.17. The van der Waals surface area contributed by atoms with Gasteiger partial charge in [0.1, 0.15) is 6.04 Å². The monoisotopic (exact) mass is 378 g/mol. The molecule has 0 spiro atoms. The van der Waals surface area contributed by atoms with Gasteiger partial charge in [0.15, 0.2) is 0 Å². The van der Waals surface area contributed by atoms with Crippen LogP contribution in [0.2, 0.25) is 0 Å². The molecule has 1 aromatic rings. The van der Waals surface area contributed by atoms with Crippen molar-refractivity contribution in [2.75, 3.05) is 6.54 Å². The summed E-state index contributed by atoms with van der Waals surface area (Å²) < 4.78 is 25.9. The van der Waals surface area contributed by atoms with Gasteiger partial charge in [-0.15, -0.1) is 0 Å². The summed E-state index contributed by atoms with van der Waals surface area (Å²) in [6, 6.07) is 2.20. The molecule has 10 heteroatoms. The summed E-state index contributed by atoms with van der Waals surface area (Å²) in [7, 11) is -4.00. The number of carboxylic acid groups (broad SMARTS) is 1. The Kier molecular flexibility index (Phi) is 4.30. The molecule has 21 heavy (non-hydrogen) atoms. The SMILES string of the molecule is O=C(O)C1CCCN1S(=O)(=O)c1ccc([N+](=O)[O-])c(Br)c1. The lowest BCUT2D eigenvalue weighted by Gasteiger charge is -2.20.